The molecule has 0 aliphatic heterocycles. The molecular weight excluding hydrogens is 264 g/mol. The van der Waals surface area contributed by atoms with E-state index in [2.05, 4.69) is 26.1 Å². The lowest BCUT2D eigenvalue weighted by Gasteiger charge is -1.97. The van der Waals surface area contributed by atoms with Crippen molar-refractivity contribution in [3.63, 3.8) is 0 Å². The molecule has 0 saturated carbocycles. The molecule has 0 radical (unpaired) electrons. The Kier molecular flexibility index (Phi) is 2.28. The van der Waals surface area contributed by atoms with Gasteiger partial charge in [-0.25, -0.2) is 4.79 Å². The number of H-pyrrole nitrogens is 1. The quantitative estimate of drug-likeness (QED) is 0.815. The van der Waals surface area contributed by atoms with Gasteiger partial charge in [0.15, 0.2) is 6.29 Å². The van der Waals surface area contributed by atoms with Crippen molar-refractivity contribution in [1.29, 1.82) is 0 Å². The molecule has 0 fully saturated rings. The number of carboxylic acid groups (broad SMARTS) is 1. The summed E-state index contributed by atoms with van der Waals surface area (Å²) in [7, 11) is 0. The van der Waals surface area contributed by atoms with E-state index >= 15 is 0 Å². The fraction of sp³-hybridized carbons (Fsp3) is 0. The Morgan fingerprint density at radius 1 is 1.53 bits per heavy atom. The third-order valence-electron chi connectivity index (χ3n) is 2.00. The lowest BCUT2D eigenvalue weighted by atomic mass is 10.1. The second-order valence-electron chi connectivity index (χ2n) is 2.91. The molecule has 0 amide bonds. The molecular formula is C9H5BrN2O3. The maximum absolute atomic E-state index is 10.7. The number of benzene rings is 1. The summed E-state index contributed by atoms with van der Waals surface area (Å²) in [6.45, 7) is 0. The van der Waals surface area contributed by atoms with Crippen LogP contribution in [0.4, 0.5) is 0 Å². The van der Waals surface area contributed by atoms with Crippen LogP contribution in [0, 0.1) is 0 Å². The van der Waals surface area contributed by atoms with Gasteiger partial charge in [0.1, 0.15) is 5.69 Å². The van der Waals surface area contributed by atoms with Gasteiger partial charge < -0.3 is 5.11 Å². The number of hydrogen-bond acceptors (Lipinski definition) is 3. The van der Waals surface area contributed by atoms with Crippen molar-refractivity contribution in [2.24, 2.45) is 0 Å². The van der Waals surface area contributed by atoms with E-state index in [0.717, 1.165) is 0 Å². The standard InChI is InChI=1S/C9H5BrN2O3/c10-5-1-4(9(14)15)2-6-8(5)7(3-13)12-11-6/h1-3H,(H,11,12)(H,14,15). The van der Waals surface area contributed by atoms with Gasteiger partial charge >= 0.3 is 5.97 Å². The van der Waals surface area contributed by atoms with Gasteiger partial charge in [0.25, 0.3) is 0 Å². The van der Waals surface area contributed by atoms with Crippen molar-refractivity contribution in [3.05, 3.63) is 27.9 Å². The molecule has 0 aliphatic rings. The molecule has 2 aromatic rings. The molecule has 2 rings (SSSR count). The number of rotatable bonds is 2. The number of carbonyl (C=O) groups excluding carboxylic acids is 1. The zero-order valence-corrected chi connectivity index (χ0v) is 8.91. The summed E-state index contributed by atoms with van der Waals surface area (Å²) in [5.41, 5.74) is 0.910. The zero-order chi connectivity index (χ0) is 11.0. The molecule has 6 heteroatoms. The van der Waals surface area contributed by atoms with E-state index in [1.54, 1.807) is 0 Å². The number of aromatic carboxylic acids is 1. The van der Waals surface area contributed by atoms with Crippen molar-refractivity contribution in [2.75, 3.05) is 0 Å². The van der Waals surface area contributed by atoms with Crippen molar-refractivity contribution < 1.29 is 14.7 Å². The first-order valence-corrected chi connectivity index (χ1v) is 4.79. The van der Waals surface area contributed by atoms with Crippen LogP contribution < -0.4 is 0 Å². The number of aldehydes is 1. The summed E-state index contributed by atoms with van der Waals surface area (Å²) < 4.78 is 0.535. The van der Waals surface area contributed by atoms with Crippen LogP contribution in [0.5, 0.6) is 0 Å². The largest absolute Gasteiger partial charge is 0.478 e. The van der Waals surface area contributed by atoms with Gasteiger partial charge in [-0.05, 0) is 28.1 Å². The van der Waals surface area contributed by atoms with Crippen LogP contribution in [0.25, 0.3) is 10.9 Å². The molecule has 76 valence electrons. The van der Waals surface area contributed by atoms with Crippen molar-refractivity contribution in [3.8, 4) is 0 Å². The Bertz CT molecular complexity index is 562. The Morgan fingerprint density at radius 2 is 2.27 bits per heavy atom. The SMILES string of the molecule is O=Cc1n[nH]c2cc(C(=O)O)cc(Br)c12. The first-order chi connectivity index (χ1) is 7.13. The maximum atomic E-state index is 10.7. The molecule has 0 atom stereocenters. The van der Waals surface area contributed by atoms with E-state index in [-0.39, 0.29) is 11.3 Å². The Morgan fingerprint density at radius 3 is 2.87 bits per heavy atom. The third-order valence-corrected chi connectivity index (χ3v) is 2.63. The third kappa shape index (κ3) is 1.52. The molecule has 15 heavy (non-hydrogen) atoms. The topological polar surface area (TPSA) is 83.0 Å². The summed E-state index contributed by atoms with van der Waals surface area (Å²) in [5, 5.41) is 15.8. The van der Waals surface area contributed by atoms with E-state index in [1.165, 1.54) is 12.1 Å². The molecule has 0 unspecified atom stereocenters. The van der Waals surface area contributed by atoms with Crippen LogP contribution in [0.15, 0.2) is 16.6 Å². The van der Waals surface area contributed by atoms with Crippen molar-refractivity contribution in [2.45, 2.75) is 0 Å². The molecule has 1 aromatic carbocycles. The van der Waals surface area contributed by atoms with Crippen LogP contribution >= 0.6 is 15.9 Å². The minimum absolute atomic E-state index is 0.135. The maximum Gasteiger partial charge on any atom is 0.335 e. The van der Waals surface area contributed by atoms with E-state index in [4.69, 9.17) is 5.11 Å². The highest BCUT2D eigenvalue weighted by molar-refractivity contribution is 9.10. The van der Waals surface area contributed by atoms with E-state index in [1.807, 2.05) is 0 Å². The van der Waals surface area contributed by atoms with Crippen LogP contribution in [-0.4, -0.2) is 27.6 Å². The van der Waals surface area contributed by atoms with Gasteiger partial charge in [-0.2, -0.15) is 5.10 Å². The highest BCUT2D eigenvalue weighted by Gasteiger charge is 2.12. The van der Waals surface area contributed by atoms with Gasteiger partial charge in [0.05, 0.1) is 11.1 Å². The molecule has 0 saturated heterocycles. The monoisotopic (exact) mass is 268 g/mol. The Labute approximate surface area is 92.2 Å². The zero-order valence-electron chi connectivity index (χ0n) is 7.32. The summed E-state index contributed by atoms with van der Waals surface area (Å²) in [4.78, 5) is 21.4. The molecule has 5 nitrogen and oxygen atoms in total. The average molecular weight is 269 g/mol. The first kappa shape index (κ1) is 9.85. The number of aromatic nitrogens is 2. The van der Waals surface area contributed by atoms with Crippen LogP contribution in [0.3, 0.4) is 0 Å². The Hall–Kier alpha value is -1.69. The number of hydrogen-bond donors (Lipinski definition) is 2. The number of halogens is 1. The molecule has 2 N–H and O–H groups in total. The number of aromatic amines is 1. The number of nitrogens with zero attached hydrogens (tertiary/aromatic N) is 1. The predicted octanol–water partition coefficient (Wildman–Crippen LogP) is 1.84. The van der Waals surface area contributed by atoms with Gasteiger partial charge in [0, 0.05) is 9.86 Å². The summed E-state index contributed by atoms with van der Waals surface area (Å²) >= 11 is 3.20. The minimum Gasteiger partial charge on any atom is -0.478 e. The number of nitrogens with one attached hydrogen (secondary N) is 1. The highest BCUT2D eigenvalue weighted by Crippen LogP contribution is 2.26. The van der Waals surface area contributed by atoms with Gasteiger partial charge in [-0.15, -0.1) is 0 Å². The smallest absolute Gasteiger partial charge is 0.335 e. The molecule has 0 aliphatic carbocycles. The lowest BCUT2D eigenvalue weighted by Crippen LogP contribution is -1.95. The van der Waals surface area contributed by atoms with Crippen LogP contribution in [0.2, 0.25) is 0 Å². The second kappa shape index (κ2) is 3.47. The van der Waals surface area contributed by atoms with Gasteiger partial charge in [0.2, 0.25) is 0 Å². The molecule has 1 heterocycles. The lowest BCUT2D eigenvalue weighted by molar-refractivity contribution is 0.0697. The van der Waals surface area contributed by atoms with Crippen molar-refractivity contribution in [1.82, 2.24) is 10.2 Å². The van der Waals surface area contributed by atoms with E-state index < -0.39 is 5.97 Å². The number of carboxylic acids is 1. The van der Waals surface area contributed by atoms with Crippen LogP contribution in [0.1, 0.15) is 20.8 Å². The highest BCUT2D eigenvalue weighted by atomic mass is 79.9. The predicted molar refractivity (Wildman–Crippen MR) is 56.1 cm³/mol. The fourth-order valence-electron chi connectivity index (χ4n) is 1.34. The number of carbonyl (C=O) groups is 2. The van der Waals surface area contributed by atoms with E-state index in [0.29, 0.717) is 21.7 Å². The van der Waals surface area contributed by atoms with Gasteiger partial charge in [-0.1, -0.05) is 0 Å². The summed E-state index contributed by atoms with van der Waals surface area (Å²) in [6, 6.07) is 2.87. The number of fused-ring (bicyclic) bond motifs is 1. The fourth-order valence-corrected chi connectivity index (χ4v) is 2.00. The van der Waals surface area contributed by atoms with Crippen LogP contribution in [-0.2, 0) is 0 Å². The first-order valence-electron chi connectivity index (χ1n) is 3.99. The Balaban J connectivity index is 2.80. The second-order valence-corrected chi connectivity index (χ2v) is 3.77. The molecule has 0 bridgehead atoms. The minimum atomic E-state index is -1.03. The van der Waals surface area contributed by atoms with Gasteiger partial charge in [-0.3, -0.25) is 9.89 Å². The average Bonchev–Trinajstić information content (AvgIpc) is 2.60. The summed E-state index contributed by atoms with van der Waals surface area (Å²) in [6.07, 6.45) is 0.615. The van der Waals surface area contributed by atoms with E-state index in [9.17, 15) is 9.59 Å². The molecule has 1 aromatic heterocycles. The summed E-state index contributed by atoms with van der Waals surface area (Å²) in [5.74, 6) is -1.03. The molecule has 0 spiro atoms. The normalized spacial score (nSPS) is 10.5. The van der Waals surface area contributed by atoms with Crippen molar-refractivity contribution >= 4 is 39.1 Å².